The first-order valence-corrected chi connectivity index (χ1v) is 11.1. The maximum Gasteiger partial charge on any atom is 0.207 e. The fourth-order valence-electron chi connectivity index (χ4n) is 3.73. The molecule has 0 aliphatic carbocycles. The number of rotatable bonds is 6. The van der Waals surface area contributed by atoms with Gasteiger partial charge in [-0.05, 0) is 48.5 Å². The van der Waals surface area contributed by atoms with Crippen LogP contribution in [0.5, 0.6) is 0 Å². The first kappa shape index (κ1) is 18.2. The predicted octanol–water partition coefficient (Wildman–Crippen LogP) is 5.55. The zero-order valence-corrected chi connectivity index (χ0v) is 16.6. The van der Waals surface area contributed by atoms with Crippen molar-refractivity contribution in [2.24, 2.45) is 0 Å². The van der Waals surface area contributed by atoms with Crippen LogP contribution in [0.25, 0.3) is 0 Å². The van der Waals surface area contributed by atoms with Crippen LogP contribution in [0.2, 0.25) is 0 Å². The lowest BCUT2D eigenvalue weighted by Gasteiger charge is -2.36. The van der Waals surface area contributed by atoms with Gasteiger partial charge in [0, 0.05) is 6.20 Å². The van der Waals surface area contributed by atoms with Crippen molar-refractivity contribution in [1.82, 2.24) is 0 Å². The fourth-order valence-corrected chi connectivity index (χ4v) is 7.91. The van der Waals surface area contributed by atoms with Crippen LogP contribution < -0.4 is 20.6 Å². The Morgan fingerprint density at radius 2 is 0.821 bits per heavy atom. The van der Waals surface area contributed by atoms with Crippen LogP contribution in [0.15, 0.2) is 134 Å². The molecule has 136 valence electrons. The molecule has 0 heterocycles. The summed E-state index contributed by atoms with van der Waals surface area (Å²) < 4.78 is 2.38. The highest BCUT2D eigenvalue weighted by atomic mass is 31.2. The molecule has 28 heavy (non-hydrogen) atoms. The van der Waals surface area contributed by atoms with E-state index in [0.717, 1.165) is 5.69 Å². The van der Waals surface area contributed by atoms with E-state index in [2.05, 4.69) is 133 Å². The molecular weight excluding hydrogens is 357 g/mol. The maximum absolute atomic E-state index is 4.23. The second-order valence-electron chi connectivity index (χ2n) is 6.50. The van der Waals surface area contributed by atoms with Crippen molar-refractivity contribution in [2.45, 2.75) is 0 Å². The Morgan fingerprint density at radius 3 is 1.14 bits per heavy atom. The number of nitrogens with zero attached hydrogens (tertiary/aromatic N) is 1. The summed E-state index contributed by atoms with van der Waals surface area (Å²) in [4.78, 5) is 0. The predicted molar refractivity (Wildman–Crippen MR) is 124 cm³/mol. The third-order valence-corrected chi connectivity index (χ3v) is 9.08. The smallest absolute Gasteiger partial charge is 0.207 e. The lowest BCUT2D eigenvalue weighted by molar-refractivity contribution is 1.42. The highest BCUT2D eigenvalue weighted by Gasteiger charge is 2.51. The Balaban J connectivity index is 2.11. The van der Waals surface area contributed by atoms with E-state index in [1.807, 2.05) is 6.20 Å². The molecule has 0 amide bonds. The van der Waals surface area contributed by atoms with E-state index in [1.54, 1.807) is 0 Å². The fraction of sp³-hybridized carbons (Fsp3) is 0. The van der Waals surface area contributed by atoms with Crippen LogP contribution in [0.4, 0.5) is 5.69 Å². The normalized spacial score (nSPS) is 11.0. The van der Waals surface area contributed by atoms with Gasteiger partial charge in [-0.2, -0.15) is 0 Å². The minimum Gasteiger partial charge on any atom is -0.211 e. The van der Waals surface area contributed by atoms with E-state index < -0.39 is 7.41 Å². The first-order valence-electron chi connectivity index (χ1n) is 9.40. The maximum atomic E-state index is 4.23. The summed E-state index contributed by atoms with van der Waals surface area (Å²) in [5, 5.41) is 3.91. The van der Waals surface area contributed by atoms with Crippen molar-refractivity contribution in [3.05, 3.63) is 134 Å². The van der Waals surface area contributed by atoms with Crippen LogP contribution in [0.3, 0.4) is 0 Å². The summed E-state index contributed by atoms with van der Waals surface area (Å²) in [5.74, 6) is 0. The minimum atomic E-state index is -2.17. The third kappa shape index (κ3) is 3.15. The molecule has 4 rings (SSSR count). The van der Waals surface area contributed by atoms with Gasteiger partial charge in [-0.15, -0.1) is 0 Å². The Kier molecular flexibility index (Phi) is 5.37. The van der Waals surface area contributed by atoms with Gasteiger partial charge in [0.05, 0.1) is 5.69 Å². The zero-order chi connectivity index (χ0) is 19.2. The minimum absolute atomic E-state index is 1.14. The third-order valence-electron chi connectivity index (χ3n) is 4.91. The molecule has 0 saturated heterocycles. The van der Waals surface area contributed by atoms with Gasteiger partial charge in [0.1, 0.15) is 15.9 Å². The Hall–Kier alpha value is -3.15. The van der Waals surface area contributed by atoms with Gasteiger partial charge in [-0.25, -0.2) is 4.67 Å². The van der Waals surface area contributed by atoms with Crippen molar-refractivity contribution < 1.29 is 0 Å². The van der Waals surface area contributed by atoms with Gasteiger partial charge in [-0.3, -0.25) is 0 Å². The van der Waals surface area contributed by atoms with Crippen LogP contribution in [0.1, 0.15) is 0 Å². The molecule has 0 aliphatic rings. The molecule has 0 aliphatic heterocycles. The highest BCUT2D eigenvalue weighted by molar-refractivity contribution is 7.97. The van der Waals surface area contributed by atoms with Crippen LogP contribution >= 0.6 is 7.41 Å². The van der Waals surface area contributed by atoms with Crippen molar-refractivity contribution in [2.75, 3.05) is 4.67 Å². The summed E-state index contributed by atoms with van der Waals surface area (Å²) >= 11 is 0. The van der Waals surface area contributed by atoms with Crippen molar-refractivity contribution in [3.63, 3.8) is 0 Å². The summed E-state index contributed by atoms with van der Waals surface area (Å²) in [6, 6.07) is 43.0. The van der Waals surface area contributed by atoms with Gasteiger partial charge in [0.15, 0.2) is 0 Å². The average molecular weight is 380 g/mol. The molecule has 0 fully saturated rings. The van der Waals surface area contributed by atoms with Gasteiger partial charge in [0.25, 0.3) is 0 Å². The van der Waals surface area contributed by atoms with Crippen molar-refractivity contribution >= 4 is 29.0 Å². The second-order valence-corrected chi connectivity index (χ2v) is 9.76. The highest BCUT2D eigenvalue weighted by Crippen LogP contribution is 2.60. The molecule has 0 saturated carbocycles. The molecule has 0 unspecified atom stereocenters. The molecule has 0 atom stereocenters. The summed E-state index contributed by atoms with van der Waals surface area (Å²) in [6.45, 7) is 4.23. The van der Waals surface area contributed by atoms with Crippen molar-refractivity contribution in [3.8, 4) is 0 Å². The molecule has 0 radical (unpaired) electrons. The van der Waals surface area contributed by atoms with Crippen LogP contribution in [-0.2, 0) is 0 Å². The van der Waals surface area contributed by atoms with Gasteiger partial charge in [0.2, 0.25) is 7.41 Å². The van der Waals surface area contributed by atoms with Gasteiger partial charge < -0.3 is 0 Å². The molecule has 0 N–H and O–H groups in total. The molecule has 0 bridgehead atoms. The topological polar surface area (TPSA) is 3.24 Å². The van der Waals surface area contributed by atoms with Crippen LogP contribution in [0, 0.1) is 0 Å². The molecule has 0 aromatic heterocycles. The number of hydrogen-bond acceptors (Lipinski definition) is 1. The Morgan fingerprint density at radius 1 is 0.500 bits per heavy atom. The van der Waals surface area contributed by atoms with E-state index in [-0.39, 0.29) is 0 Å². The van der Waals surface area contributed by atoms with Crippen molar-refractivity contribution in [1.29, 1.82) is 0 Å². The Labute approximate surface area is 168 Å². The summed E-state index contributed by atoms with van der Waals surface area (Å²) in [7, 11) is -2.17. The first-order chi connectivity index (χ1) is 13.9. The number of benzene rings is 4. The SMILES string of the molecule is C=CN(c1ccccc1)[P+](c1ccccc1)(c1ccccc1)c1ccccc1. The zero-order valence-electron chi connectivity index (χ0n) is 15.7. The summed E-state index contributed by atoms with van der Waals surface area (Å²) in [5.41, 5.74) is 1.14. The quantitative estimate of drug-likeness (QED) is 0.397. The molecule has 4 aromatic rings. The second kappa shape index (κ2) is 8.25. The molecular formula is C26H23NP+. The van der Waals surface area contributed by atoms with E-state index in [9.17, 15) is 0 Å². The average Bonchev–Trinajstić information content (AvgIpc) is 2.80. The number of para-hydroxylation sites is 1. The van der Waals surface area contributed by atoms with E-state index >= 15 is 0 Å². The Bertz CT molecular complexity index is 918. The van der Waals surface area contributed by atoms with Crippen LogP contribution in [-0.4, -0.2) is 0 Å². The number of anilines is 1. The van der Waals surface area contributed by atoms with E-state index in [4.69, 9.17) is 0 Å². The van der Waals surface area contributed by atoms with E-state index in [1.165, 1.54) is 15.9 Å². The molecule has 1 nitrogen and oxygen atoms in total. The lowest BCUT2D eigenvalue weighted by Crippen LogP contribution is -2.41. The monoisotopic (exact) mass is 380 g/mol. The van der Waals surface area contributed by atoms with E-state index in [0.29, 0.717) is 0 Å². The molecule has 0 spiro atoms. The largest absolute Gasteiger partial charge is 0.211 e. The standard InChI is InChI=1S/C26H23NP/c1-2-27(23-15-7-3-8-16-23)28(24-17-9-4-10-18-24,25-19-11-5-12-20-25)26-21-13-6-14-22-26/h2-22H,1H2/q+1. The lowest BCUT2D eigenvalue weighted by atomic mass is 10.3. The molecule has 4 aromatic carbocycles. The number of hydrogen-bond donors (Lipinski definition) is 0. The van der Waals surface area contributed by atoms with Gasteiger partial charge in [-0.1, -0.05) is 79.4 Å². The van der Waals surface area contributed by atoms with Gasteiger partial charge >= 0.3 is 0 Å². The summed E-state index contributed by atoms with van der Waals surface area (Å²) in [6.07, 6.45) is 1.98. The molecule has 2 heteroatoms.